The number of hydrogen-bond donors (Lipinski definition) is 1. The molecular formula is C20H20ClN3O2. The molecule has 5 nitrogen and oxygen atoms in total. The van der Waals surface area contributed by atoms with Gasteiger partial charge in [-0.1, -0.05) is 35.9 Å². The number of amides is 1. The molecule has 3 rings (SSSR count). The topological polar surface area (TPSA) is 56.1 Å². The zero-order valence-electron chi connectivity index (χ0n) is 14.9. The molecule has 134 valence electrons. The number of carbonyl (C=O) groups is 1. The minimum atomic E-state index is -0.201. The molecule has 0 fully saturated rings. The number of anilines is 1. The quantitative estimate of drug-likeness (QED) is 0.722. The molecular weight excluding hydrogens is 350 g/mol. The van der Waals surface area contributed by atoms with Gasteiger partial charge in [-0.3, -0.25) is 9.48 Å². The largest absolute Gasteiger partial charge is 0.497 e. The zero-order chi connectivity index (χ0) is 18.7. The molecule has 1 amide bonds. The van der Waals surface area contributed by atoms with E-state index in [2.05, 4.69) is 10.4 Å². The molecule has 1 N–H and O–H groups in total. The minimum Gasteiger partial charge on any atom is -0.497 e. The summed E-state index contributed by atoms with van der Waals surface area (Å²) in [7, 11) is 1.57. The normalized spacial score (nSPS) is 10.6. The van der Waals surface area contributed by atoms with Gasteiger partial charge in [0.1, 0.15) is 5.75 Å². The molecule has 0 aliphatic heterocycles. The highest BCUT2D eigenvalue weighted by Gasteiger charge is 2.16. The van der Waals surface area contributed by atoms with Crippen molar-refractivity contribution in [2.75, 3.05) is 12.4 Å². The molecule has 0 bridgehead atoms. The maximum atomic E-state index is 12.6. The van der Waals surface area contributed by atoms with Crippen LogP contribution in [-0.2, 0) is 6.54 Å². The Balaban J connectivity index is 1.84. The van der Waals surface area contributed by atoms with Crippen LogP contribution in [0.4, 0.5) is 5.69 Å². The summed E-state index contributed by atoms with van der Waals surface area (Å²) in [6.45, 7) is 4.34. The fraction of sp³-hybridized carbons (Fsp3) is 0.200. The highest BCUT2D eigenvalue weighted by Crippen LogP contribution is 2.24. The summed E-state index contributed by atoms with van der Waals surface area (Å²) < 4.78 is 7.02. The molecule has 1 heterocycles. The Bertz CT molecular complexity index is 950. The number of carbonyl (C=O) groups excluding carboxylic acids is 1. The molecule has 0 atom stereocenters. The van der Waals surface area contributed by atoms with E-state index in [1.165, 1.54) is 0 Å². The Labute approximate surface area is 157 Å². The van der Waals surface area contributed by atoms with Crippen molar-refractivity contribution >= 4 is 23.2 Å². The lowest BCUT2D eigenvalue weighted by Crippen LogP contribution is -2.13. The second-order valence-corrected chi connectivity index (χ2v) is 6.39. The van der Waals surface area contributed by atoms with Gasteiger partial charge in [-0.15, -0.1) is 0 Å². The number of hydrogen-bond acceptors (Lipinski definition) is 3. The van der Waals surface area contributed by atoms with Gasteiger partial charge < -0.3 is 10.1 Å². The Morgan fingerprint density at radius 3 is 2.69 bits per heavy atom. The first-order valence-corrected chi connectivity index (χ1v) is 8.60. The monoisotopic (exact) mass is 369 g/mol. The van der Waals surface area contributed by atoms with Crippen LogP contribution in [-0.4, -0.2) is 22.8 Å². The summed E-state index contributed by atoms with van der Waals surface area (Å²) in [5, 5.41) is 8.20. The number of ether oxygens (including phenoxy) is 1. The van der Waals surface area contributed by atoms with Gasteiger partial charge in [-0.2, -0.15) is 5.10 Å². The molecule has 2 aromatic carbocycles. The van der Waals surface area contributed by atoms with Gasteiger partial charge in [0.25, 0.3) is 5.91 Å². The highest BCUT2D eigenvalue weighted by molar-refractivity contribution is 6.31. The van der Waals surface area contributed by atoms with E-state index < -0.39 is 0 Å². The van der Waals surface area contributed by atoms with E-state index >= 15 is 0 Å². The summed E-state index contributed by atoms with van der Waals surface area (Å²) >= 11 is 6.24. The summed E-state index contributed by atoms with van der Waals surface area (Å²) in [5.41, 5.74) is 3.85. The third-order valence-electron chi connectivity index (χ3n) is 4.23. The fourth-order valence-electron chi connectivity index (χ4n) is 2.77. The maximum Gasteiger partial charge on any atom is 0.255 e. The molecule has 0 unspecified atom stereocenters. The third kappa shape index (κ3) is 3.73. The van der Waals surface area contributed by atoms with E-state index in [0.29, 0.717) is 28.6 Å². The first-order valence-electron chi connectivity index (χ1n) is 8.22. The van der Waals surface area contributed by atoms with E-state index in [0.717, 1.165) is 17.0 Å². The van der Waals surface area contributed by atoms with Crippen LogP contribution in [0.15, 0.2) is 48.5 Å². The van der Waals surface area contributed by atoms with Crippen molar-refractivity contribution in [3.8, 4) is 5.75 Å². The number of aryl methyl sites for hydroxylation is 1. The van der Waals surface area contributed by atoms with Crippen molar-refractivity contribution in [3.63, 3.8) is 0 Å². The number of halogens is 1. The van der Waals surface area contributed by atoms with Crippen LogP contribution < -0.4 is 10.1 Å². The van der Waals surface area contributed by atoms with Crippen LogP contribution in [0.5, 0.6) is 5.75 Å². The molecule has 0 aliphatic rings. The first-order chi connectivity index (χ1) is 12.5. The number of aromatic nitrogens is 2. The van der Waals surface area contributed by atoms with E-state index in [4.69, 9.17) is 16.3 Å². The smallest absolute Gasteiger partial charge is 0.255 e. The Morgan fingerprint density at radius 1 is 1.19 bits per heavy atom. The molecule has 3 aromatic rings. The van der Waals surface area contributed by atoms with E-state index in [1.807, 2.05) is 42.8 Å². The van der Waals surface area contributed by atoms with Gasteiger partial charge in [0.15, 0.2) is 0 Å². The molecule has 0 saturated heterocycles. The van der Waals surface area contributed by atoms with Gasteiger partial charge in [0, 0.05) is 10.6 Å². The predicted octanol–water partition coefficient (Wildman–Crippen LogP) is 4.46. The SMILES string of the molecule is COc1cccc(C(=O)Nc2c(C)nn(Cc3ccccc3Cl)c2C)c1. The maximum absolute atomic E-state index is 12.6. The summed E-state index contributed by atoms with van der Waals surface area (Å²) in [5.74, 6) is 0.438. The van der Waals surface area contributed by atoms with Crippen LogP contribution in [0.25, 0.3) is 0 Å². The lowest BCUT2D eigenvalue weighted by molar-refractivity contribution is 0.102. The Morgan fingerprint density at radius 2 is 1.96 bits per heavy atom. The van der Waals surface area contributed by atoms with Crippen LogP contribution in [0.2, 0.25) is 5.02 Å². The first kappa shape index (κ1) is 18.0. The Hall–Kier alpha value is -2.79. The molecule has 0 radical (unpaired) electrons. The number of nitrogens with zero attached hydrogens (tertiary/aromatic N) is 2. The van der Waals surface area contributed by atoms with Crippen molar-refractivity contribution in [2.24, 2.45) is 0 Å². The number of nitrogens with one attached hydrogen (secondary N) is 1. The molecule has 0 spiro atoms. The van der Waals surface area contributed by atoms with E-state index in [-0.39, 0.29) is 5.91 Å². The van der Waals surface area contributed by atoms with Gasteiger partial charge >= 0.3 is 0 Å². The summed E-state index contributed by atoms with van der Waals surface area (Å²) in [4.78, 5) is 12.6. The minimum absolute atomic E-state index is 0.201. The second kappa shape index (κ2) is 7.62. The predicted molar refractivity (Wildman–Crippen MR) is 103 cm³/mol. The van der Waals surface area contributed by atoms with Gasteiger partial charge in [0.2, 0.25) is 0 Å². The van der Waals surface area contributed by atoms with Crippen molar-refractivity contribution in [1.29, 1.82) is 0 Å². The van der Waals surface area contributed by atoms with Crippen molar-refractivity contribution in [3.05, 3.63) is 76.1 Å². The van der Waals surface area contributed by atoms with Gasteiger partial charge in [-0.05, 0) is 43.7 Å². The van der Waals surface area contributed by atoms with Crippen molar-refractivity contribution in [1.82, 2.24) is 9.78 Å². The van der Waals surface area contributed by atoms with Crippen LogP contribution in [0.1, 0.15) is 27.3 Å². The van der Waals surface area contributed by atoms with E-state index in [9.17, 15) is 4.79 Å². The van der Waals surface area contributed by atoms with Crippen LogP contribution in [0, 0.1) is 13.8 Å². The van der Waals surface area contributed by atoms with Crippen molar-refractivity contribution < 1.29 is 9.53 Å². The third-order valence-corrected chi connectivity index (χ3v) is 4.60. The number of rotatable bonds is 5. The average molecular weight is 370 g/mol. The van der Waals surface area contributed by atoms with E-state index in [1.54, 1.807) is 31.4 Å². The number of benzene rings is 2. The van der Waals surface area contributed by atoms with Crippen LogP contribution in [0.3, 0.4) is 0 Å². The zero-order valence-corrected chi connectivity index (χ0v) is 15.7. The second-order valence-electron chi connectivity index (χ2n) is 5.98. The average Bonchev–Trinajstić information content (AvgIpc) is 2.91. The van der Waals surface area contributed by atoms with Gasteiger partial charge in [-0.25, -0.2) is 0 Å². The molecule has 26 heavy (non-hydrogen) atoms. The molecule has 0 saturated carbocycles. The summed E-state index contributed by atoms with van der Waals surface area (Å²) in [6, 6.07) is 14.7. The molecule has 0 aliphatic carbocycles. The number of methoxy groups -OCH3 is 1. The molecule has 1 aromatic heterocycles. The lowest BCUT2D eigenvalue weighted by Gasteiger charge is -2.09. The standard InChI is InChI=1S/C20H20ClN3O2/c1-13-19(22-20(25)15-8-6-9-17(11-15)26-3)14(2)24(23-13)12-16-7-4-5-10-18(16)21/h4-11H,12H2,1-3H3,(H,22,25). The lowest BCUT2D eigenvalue weighted by atomic mass is 10.2. The van der Waals surface area contributed by atoms with Crippen molar-refractivity contribution in [2.45, 2.75) is 20.4 Å². The summed E-state index contributed by atoms with van der Waals surface area (Å²) in [6.07, 6.45) is 0. The highest BCUT2D eigenvalue weighted by atomic mass is 35.5. The van der Waals surface area contributed by atoms with Crippen LogP contribution >= 0.6 is 11.6 Å². The molecule has 6 heteroatoms. The Kier molecular flexibility index (Phi) is 5.28. The van der Waals surface area contributed by atoms with Gasteiger partial charge in [0.05, 0.1) is 30.7 Å². The fourth-order valence-corrected chi connectivity index (χ4v) is 2.97.